The van der Waals surface area contributed by atoms with Crippen LogP contribution in [-0.4, -0.2) is 16.9 Å². The molecule has 0 aliphatic carbocycles. The third-order valence-electron chi connectivity index (χ3n) is 2.43. The number of amides is 1. The van der Waals surface area contributed by atoms with Gasteiger partial charge in [-0.05, 0) is 12.0 Å². The van der Waals surface area contributed by atoms with Crippen LogP contribution in [0.3, 0.4) is 0 Å². The van der Waals surface area contributed by atoms with E-state index in [1.54, 1.807) is 13.8 Å². The van der Waals surface area contributed by atoms with Gasteiger partial charge in [-0.1, -0.05) is 13.8 Å². The first kappa shape index (κ1) is 14.0. The first-order valence-corrected chi connectivity index (χ1v) is 5.33. The number of benzene rings is 1. The molecule has 0 saturated heterocycles. The van der Waals surface area contributed by atoms with Crippen LogP contribution in [0.15, 0.2) is 18.2 Å². The molecule has 98 valence electrons. The van der Waals surface area contributed by atoms with E-state index in [0.717, 1.165) is 12.1 Å². The molecule has 0 aromatic heterocycles. The first-order valence-electron chi connectivity index (χ1n) is 5.33. The summed E-state index contributed by atoms with van der Waals surface area (Å²) >= 11 is 0. The fraction of sp³-hybridized carbons (Fsp3) is 0.364. The summed E-state index contributed by atoms with van der Waals surface area (Å²) in [7, 11) is 0. The number of rotatable bonds is 4. The number of nitro benzene ring substituents is 1. The zero-order chi connectivity index (χ0) is 13.9. The lowest BCUT2D eigenvalue weighted by molar-refractivity contribution is -0.387. The minimum Gasteiger partial charge on any atom is -0.325 e. The van der Waals surface area contributed by atoms with Crippen LogP contribution in [0.2, 0.25) is 0 Å². The van der Waals surface area contributed by atoms with E-state index >= 15 is 0 Å². The molecule has 1 aromatic rings. The summed E-state index contributed by atoms with van der Waals surface area (Å²) < 4.78 is 13.3. The quantitative estimate of drug-likeness (QED) is 0.631. The van der Waals surface area contributed by atoms with Gasteiger partial charge >= 0.3 is 5.69 Å². The number of nitrogens with zero attached hydrogens (tertiary/aromatic N) is 1. The number of nitrogens with one attached hydrogen (secondary N) is 1. The number of nitro groups is 1. The highest BCUT2D eigenvalue weighted by atomic mass is 19.1. The van der Waals surface area contributed by atoms with E-state index in [0.29, 0.717) is 0 Å². The Kier molecular flexibility index (Phi) is 4.33. The van der Waals surface area contributed by atoms with Gasteiger partial charge in [0.05, 0.1) is 11.0 Å². The van der Waals surface area contributed by atoms with Gasteiger partial charge in [-0.15, -0.1) is 0 Å². The average Bonchev–Trinajstić information content (AvgIpc) is 2.27. The highest BCUT2D eigenvalue weighted by Crippen LogP contribution is 2.21. The second-order valence-electron chi connectivity index (χ2n) is 4.18. The maximum atomic E-state index is 13.3. The topological polar surface area (TPSA) is 98.3 Å². The lowest BCUT2D eigenvalue weighted by atomic mass is 10.0. The van der Waals surface area contributed by atoms with Gasteiger partial charge in [-0.2, -0.15) is 4.39 Å². The average molecular weight is 255 g/mol. The highest BCUT2D eigenvalue weighted by molar-refractivity contribution is 5.94. The maximum Gasteiger partial charge on any atom is 0.304 e. The number of carbonyl (C=O) groups excluding carboxylic acids is 1. The molecule has 0 spiro atoms. The minimum absolute atomic E-state index is 0.0621. The van der Waals surface area contributed by atoms with E-state index in [1.807, 2.05) is 0 Å². The lowest BCUT2D eigenvalue weighted by Gasteiger charge is -2.15. The largest absolute Gasteiger partial charge is 0.325 e. The number of anilines is 1. The van der Waals surface area contributed by atoms with Gasteiger partial charge in [-0.25, -0.2) is 0 Å². The summed E-state index contributed by atoms with van der Waals surface area (Å²) in [4.78, 5) is 21.2. The van der Waals surface area contributed by atoms with Gasteiger partial charge in [0.2, 0.25) is 11.7 Å². The molecule has 0 heterocycles. The summed E-state index contributed by atoms with van der Waals surface area (Å²) in [5.74, 6) is -1.53. The van der Waals surface area contributed by atoms with Crippen LogP contribution in [0.25, 0.3) is 0 Å². The summed E-state index contributed by atoms with van der Waals surface area (Å²) in [6.45, 7) is 3.56. The molecule has 0 fully saturated rings. The van der Waals surface area contributed by atoms with Gasteiger partial charge in [-0.3, -0.25) is 14.9 Å². The van der Waals surface area contributed by atoms with Crippen LogP contribution in [0.5, 0.6) is 0 Å². The molecule has 0 bridgehead atoms. The van der Waals surface area contributed by atoms with Crippen molar-refractivity contribution < 1.29 is 14.1 Å². The molecule has 1 amide bonds. The third kappa shape index (κ3) is 3.24. The van der Waals surface area contributed by atoms with Crippen LogP contribution in [0.4, 0.5) is 15.8 Å². The Labute approximate surface area is 103 Å². The molecule has 0 saturated carbocycles. The van der Waals surface area contributed by atoms with Crippen LogP contribution < -0.4 is 11.1 Å². The molecule has 7 heteroatoms. The van der Waals surface area contributed by atoms with Crippen LogP contribution in [-0.2, 0) is 4.79 Å². The standard InChI is InChI=1S/C11H14FN3O3/c1-6(2)10(13)11(16)14-7-3-4-9(15(17)18)8(12)5-7/h3-6,10H,13H2,1-2H3,(H,14,16). The van der Waals surface area contributed by atoms with Crippen molar-refractivity contribution >= 4 is 17.3 Å². The Balaban J connectivity index is 2.84. The van der Waals surface area contributed by atoms with Crippen molar-refractivity contribution in [1.82, 2.24) is 0 Å². The number of hydrogen-bond acceptors (Lipinski definition) is 4. The third-order valence-corrected chi connectivity index (χ3v) is 2.43. The second-order valence-corrected chi connectivity index (χ2v) is 4.18. The molecule has 1 aromatic carbocycles. The molecule has 6 nitrogen and oxygen atoms in total. The predicted octanol–water partition coefficient (Wildman–Crippen LogP) is 1.66. The normalized spacial score (nSPS) is 12.3. The zero-order valence-corrected chi connectivity index (χ0v) is 10.0. The van der Waals surface area contributed by atoms with Crippen molar-refractivity contribution in [2.75, 3.05) is 5.32 Å². The summed E-state index contributed by atoms with van der Waals surface area (Å²) in [5, 5.41) is 12.8. The first-order chi connectivity index (χ1) is 8.32. The van der Waals surface area contributed by atoms with E-state index in [9.17, 15) is 19.3 Å². The molecule has 1 unspecified atom stereocenters. The predicted molar refractivity (Wildman–Crippen MR) is 64.5 cm³/mol. The van der Waals surface area contributed by atoms with Crippen molar-refractivity contribution in [1.29, 1.82) is 0 Å². The highest BCUT2D eigenvalue weighted by Gasteiger charge is 2.19. The Morgan fingerprint density at radius 1 is 1.50 bits per heavy atom. The monoisotopic (exact) mass is 255 g/mol. The summed E-state index contributed by atoms with van der Waals surface area (Å²) in [5.41, 5.74) is 5.11. The minimum atomic E-state index is -1.00. The second kappa shape index (κ2) is 5.54. The smallest absolute Gasteiger partial charge is 0.304 e. The molecule has 1 atom stereocenters. The Morgan fingerprint density at radius 2 is 2.11 bits per heavy atom. The molecule has 1 rings (SSSR count). The van der Waals surface area contributed by atoms with Crippen LogP contribution in [0.1, 0.15) is 13.8 Å². The van der Waals surface area contributed by atoms with Crippen molar-refractivity contribution in [3.63, 3.8) is 0 Å². The number of carbonyl (C=O) groups is 1. The van der Waals surface area contributed by atoms with Crippen LogP contribution >= 0.6 is 0 Å². The molecule has 0 aliphatic heterocycles. The van der Waals surface area contributed by atoms with E-state index in [-0.39, 0.29) is 11.6 Å². The van der Waals surface area contributed by atoms with Crippen molar-refractivity contribution in [3.05, 3.63) is 34.1 Å². The van der Waals surface area contributed by atoms with E-state index < -0.39 is 28.4 Å². The Morgan fingerprint density at radius 3 is 2.56 bits per heavy atom. The van der Waals surface area contributed by atoms with Gasteiger partial charge < -0.3 is 11.1 Å². The van der Waals surface area contributed by atoms with Gasteiger partial charge in [0.15, 0.2) is 0 Å². The van der Waals surface area contributed by atoms with Gasteiger partial charge in [0.25, 0.3) is 0 Å². The van der Waals surface area contributed by atoms with E-state index in [2.05, 4.69) is 5.32 Å². The Hall–Kier alpha value is -2.02. The molecule has 18 heavy (non-hydrogen) atoms. The zero-order valence-electron chi connectivity index (χ0n) is 10.0. The van der Waals surface area contributed by atoms with Gasteiger partial charge in [0, 0.05) is 17.8 Å². The van der Waals surface area contributed by atoms with Crippen LogP contribution in [0, 0.1) is 21.8 Å². The fourth-order valence-corrected chi connectivity index (χ4v) is 1.26. The Bertz CT molecular complexity index is 477. The molecular formula is C11H14FN3O3. The lowest BCUT2D eigenvalue weighted by Crippen LogP contribution is -2.39. The van der Waals surface area contributed by atoms with Crippen molar-refractivity contribution in [2.24, 2.45) is 11.7 Å². The SMILES string of the molecule is CC(C)C(N)C(=O)Nc1ccc([N+](=O)[O-])c(F)c1. The number of nitrogens with two attached hydrogens (primary N) is 1. The molecule has 0 radical (unpaired) electrons. The summed E-state index contributed by atoms with van der Waals surface area (Å²) in [6, 6.07) is 2.42. The number of hydrogen-bond donors (Lipinski definition) is 2. The maximum absolute atomic E-state index is 13.3. The van der Waals surface area contributed by atoms with E-state index in [1.165, 1.54) is 6.07 Å². The van der Waals surface area contributed by atoms with Crippen molar-refractivity contribution in [3.8, 4) is 0 Å². The summed E-state index contributed by atoms with van der Waals surface area (Å²) in [6.07, 6.45) is 0. The van der Waals surface area contributed by atoms with Gasteiger partial charge in [0.1, 0.15) is 0 Å². The molecular weight excluding hydrogens is 241 g/mol. The fourth-order valence-electron chi connectivity index (χ4n) is 1.26. The molecule has 0 aliphatic rings. The van der Waals surface area contributed by atoms with Crippen molar-refractivity contribution in [2.45, 2.75) is 19.9 Å². The van der Waals surface area contributed by atoms with E-state index in [4.69, 9.17) is 5.73 Å². The number of halogens is 1. The molecule has 3 N–H and O–H groups in total.